The number of hydrogen-bond acceptors (Lipinski definition) is 5. The van der Waals surface area contributed by atoms with Crippen LogP contribution in [0, 0.1) is 5.92 Å². The van der Waals surface area contributed by atoms with Gasteiger partial charge >= 0.3 is 5.97 Å². The second kappa shape index (κ2) is 8.86. The van der Waals surface area contributed by atoms with E-state index in [1.807, 2.05) is 36.4 Å². The van der Waals surface area contributed by atoms with Gasteiger partial charge in [-0.2, -0.15) is 0 Å². The normalized spacial score (nSPS) is 17.7. The zero-order chi connectivity index (χ0) is 25.7. The highest BCUT2D eigenvalue weighted by Gasteiger charge is 2.44. The first kappa shape index (κ1) is 24.2. The average Bonchev–Trinajstić information content (AvgIpc) is 3.68. The van der Waals surface area contributed by atoms with Gasteiger partial charge in [-0.3, -0.25) is 9.78 Å². The molecular weight excluding hydrogens is 470 g/mol. The first-order valence-electron chi connectivity index (χ1n) is 12.0. The van der Waals surface area contributed by atoms with Gasteiger partial charge in [0.2, 0.25) is 0 Å². The molecule has 1 heterocycles. The number of pyridine rings is 1. The summed E-state index contributed by atoms with van der Waals surface area (Å²) in [6.45, 7) is 3.48. The minimum Gasteiger partial charge on any atom is -0.469 e. The van der Waals surface area contributed by atoms with Crippen LogP contribution in [0.15, 0.2) is 79.0 Å². The highest BCUT2D eigenvalue weighted by molar-refractivity contribution is 7.91. The topological polar surface area (TPSA) is 73.3 Å². The van der Waals surface area contributed by atoms with Crippen LogP contribution in [0.25, 0.3) is 33.2 Å². The van der Waals surface area contributed by atoms with Crippen molar-refractivity contribution in [1.29, 1.82) is 0 Å². The van der Waals surface area contributed by atoms with Gasteiger partial charge in [-0.05, 0) is 78.3 Å². The quantitative estimate of drug-likeness (QED) is 0.299. The van der Waals surface area contributed by atoms with Gasteiger partial charge in [-0.1, -0.05) is 48.5 Å². The Morgan fingerprint density at radius 2 is 1.67 bits per heavy atom. The summed E-state index contributed by atoms with van der Waals surface area (Å²) in [5, 5.41) is 0.904. The van der Waals surface area contributed by atoms with Crippen LogP contribution in [-0.2, 0) is 24.1 Å². The summed E-state index contributed by atoms with van der Waals surface area (Å²) in [5.41, 5.74) is 6.71. The Labute approximate surface area is 212 Å². The van der Waals surface area contributed by atoms with E-state index in [9.17, 15) is 13.2 Å². The molecule has 0 aliphatic heterocycles. The molecule has 1 aliphatic rings. The van der Waals surface area contributed by atoms with Crippen molar-refractivity contribution in [1.82, 2.24) is 4.98 Å². The van der Waals surface area contributed by atoms with Gasteiger partial charge in [0.1, 0.15) is 0 Å². The fraction of sp³-hybridized carbons (Fsp3) is 0.267. The van der Waals surface area contributed by atoms with Crippen LogP contribution in [0.5, 0.6) is 0 Å². The van der Waals surface area contributed by atoms with Crippen LogP contribution in [0.3, 0.4) is 0 Å². The SMILES string of the molecule is COC(=O)[C@@H]1C[C@@H]1c1ccc(-c2cccc(-c3cc(C(C)(C)S(C)(=O)=O)cc4cccnc34)c2)cc1. The lowest BCUT2D eigenvalue weighted by Gasteiger charge is -2.24. The highest BCUT2D eigenvalue weighted by atomic mass is 32.2. The number of carbonyl (C=O) groups is 1. The average molecular weight is 500 g/mol. The van der Waals surface area contributed by atoms with Crippen molar-refractivity contribution in [2.24, 2.45) is 5.92 Å². The number of sulfone groups is 1. The molecule has 6 heteroatoms. The molecule has 0 spiro atoms. The molecule has 184 valence electrons. The van der Waals surface area contributed by atoms with Crippen molar-refractivity contribution < 1.29 is 17.9 Å². The van der Waals surface area contributed by atoms with Crippen LogP contribution >= 0.6 is 0 Å². The molecule has 0 bridgehead atoms. The molecule has 36 heavy (non-hydrogen) atoms. The third kappa shape index (κ3) is 4.30. The van der Waals surface area contributed by atoms with E-state index in [1.165, 1.54) is 13.4 Å². The van der Waals surface area contributed by atoms with Gasteiger partial charge in [-0.15, -0.1) is 0 Å². The first-order chi connectivity index (χ1) is 17.1. The summed E-state index contributed by atoms with van der Waals surface area (Å²) in [4.78, 5) is 16.4. The van der Waals surface area contributed by atoms with Crippen molar-refractivity contribution in [3.8, 4) is 22.3 Å². The Hall–Kier alpha value is -3.51. The third-order valence-electron chi connectivity index (χ3n) is 7.47. The Morgan fingerprint density at radius 1 is 0.944 bits per heavy atom. The fourth-order valence-electron chi connectivity index (χ4n) is 4.74. The molecule has 0 amide bonds. The van der Waals surface area contributed by atoms with E-state index < -0.39 is 14.6 Å². The van der Waals surface area contributed by atoms with E-state index in [2.05, 4.69) is 41.4 Å². The van der Waals surface area contributed by atoms with Gasteiger partial charge < -0.3 is 4.74 Å². The summed E-state index contributed by atoms with van der Waals surface area (Å²) in [7, 11) is -1.91. The molecule has 0 N–H and O–H groups in total. The van der Waals surface area contributed by atoms with Gasteiger partial charge in [-0.25, -0.2) is 8.42 Å². The van der Waals surface area contributed by atoms with Crippen molar-refractivity contribution in [2.45, 2.75) is 30.9 Å². The summed E-state index contributed by atoms with van der Waals surface area (Å²) in [6.07, 6.45) is 3.87. The summed E-state index contributed by atoms with van der Waals surface area (Å²) in [5.74, 6) is 0.0588. The number of aromatic nitrogens is 1. The van der Waals surface area contributed by atoms with Gasteiger partial charge in [0.05, 0.1) is 23.3 Å². The molecule has 1 aliphatic carbocycles. The summed E-state index contributed by atoms with van der Waals surface area (Å²) < 4.78 is 29.0. The smallest absolute Gasteiger partial charge is 0.309 e. The molecule has 3 aromatic carbocycles. The van der Waals surface area contributed by atoms with Gasteiger partial charge in [0.15, 0.2) is 9.84 Å². The van der Waals surface area contributed by atoms with E-state index in [0.29, 0.717) is 0 Å². The van der Waals surface area contributed by atoms with Crippen LogP contribution in [0.2, 0.25) is 0 Å². The zero-order valence-corrected chi connectivity index (χ0v) is 21.7. The Morgan fingerprint density at radius 3 is 2.36 bits per heavy atom. The van der Waals surface area contributed by atoms with Crippen LogP contribution < -0.4 is 0 Å². The molecule has 0 radical (unpaired) electrons. The molecule has 4 aromatic rings. The van der Waals surface area contributed by atoms with E-state index in [4.69, 9.17) is 4.74 Å². The first-order valence-corrected chi connectivity index (χ1v) is 13.9. The van der Waals surface area contributed by atoms with Crippen molar-refractivity contribution in [3.05, 3.63) is 90.1 Å². The van der Waals surface area contributed by atoms with Crippen molar-refractivity contribution in [3.63, 3.8) is 0 Å². The van der Waals surface area contributed by atoms with Gasteiger partial charge in [0.25, 0.3) is 0 Å². The number of fused-ring (bicyclic) bond motifs is 1. The Bertz CT molecular complexity index is 1570. The molecule has 5 nitrogen and oxygen atoms in total. The number of hydrogen-bond donors (Lipinski definition) is 0. The molecule has 0 unspecified atom stereocenters. The number of methoxy groups -OCH3 is 1. The largest absolute Gasteiger partial charge is 0.469 e. The maximum absolute atomic E-state index is 12.6. The lowest BCUT2D eigenvalue weighted by molar-refractivity contribution is -0.142. The molecule has 1 fully saturated rings. The summed E-state index contributed by atoms with van der Waals surface area (Å²) in [6, 6.07) is 24.3. The second-order valence-electron chi connectivity index (χ2n) is 10.1. The number of nitrogens with zero attached hydrogens (tertiary/aromatic N) is 1. The van der Waals surface area contributed by atoms with E-state index in [-0.39, 0.29) is 17.8 Å². The zero-order valence-electron chi connectivity index (χ0n) is 20.9. The van der Waals surface area contributed by atoms with Crippen LogP contribution in [-0.4, -0.2) is 32.7 Å². The third-order valence-corrected chi connectivity index (χ3v) is 9.56. The predicted octanol–water partition coefficient (Wildman–Crippen LogP) is 6.13. The minimum absolute atomic E-state index is 0.0339. The number of esters is 1. The minimum atomic E-state index is -3.34. The molecule has 0 saturated heterocycles. The molecule has 2 atom stereocenters. The lowest BCUT2D eigenvalue weighted by atomic mass is 9.92. The van der Waals surface area contributed by atoms with E-state index in [0.717, 1.165) is 50.7 Å². The number of rotatable bonds is 6. The van der Waals surface area contributed by atoms with Crippen LogP contribution in [0.1, 0.15) is 37.3 Å². The molecule has 5 rings (SSSR count). The fourth-order valence-corrected chi connectivity index (χ4v) is 5.28. The maximum atomic E-state index is 12.6. The Balaban J connectivity index is 1.54. The molecule has 1 aromatic heterocycles. The predicted molar refractivity (Wildman–Crippen MR) is 143 cm³/mol. The van der Waals surface area contributed by atoms with Crippen LogP contribution in [0.4, 0.5) is 0 Å². The Kier molecular flexibility index (Phi) is 5.95. The highest BCUT2D eigenvalue weighted by Crippen LogP contribution is 2.48. The summed E-state index contributed by atoms with van der Waals surface area (Å²) >= 11 is 0. The number of benzene rings is 3. The second-order valence-corrected chi connectivity index (χ2v) is 12.6. The number of carbonyl (C=O) groups excluding carboxylic acids is 1. The number of ether oxygens (including phenoxy) is 1. The van der Waals surface area contributed by atoms with Crippen molar-refractivity contribution >= 4 is 26.7 Å². The molecule has 1 saturated carbocycles. The van der Waals surface area contributed by atoms with E-state index >= 15 is 0 Å². The standard InChI is InChI=1S/C30H29NO4S/c1-30(2,36(4,33)34)24-16-23-9-6-14-31-28(23)26(17-24)22-8-5-7-21(15-22)19-10-12-20(13-11-19)25-18-27(25)29(32)35-3/h5-17,25,27H,18H2,1-4H3/t25-,27-/m1/s1. The monoisotopic (exact) mass is 499 g/mol. The van der Waals surface area contributed by atoms with Crippen molar-refractivity contribution in [2.75, 3.05) is 13.4 Å². The van der Waals surface area contributed by atoms with E-state index in [1.54, 1.807) is 20.0 Å². The maximum Gasteiger partial charge on any atom is 0.309 e. The lowest BCUT2D eigenvalue weighted by Crippen LogP contribution is -2.28. The molecular formula is C30H29NO4S. The van der Waals surface area contributed by atoms with Gasteiger partial charge in [0, 0.05) is 23.4 Å².